The van der Waals surface area contributed by atoms with Crippen molar-refractivity contribution in [3.05, 3.63) is 58.3 Å². The molecule has 0 radical (unpaired) electrons. The molecule has 0 fully saturated rings. The lowest BCUT2D eigenvalue weighted by Crippen LogP contribution is -2.50. The lowest BCUT2D eigenvalue weighted by molar-refractivity contribution is 0.0224. The second-order valence-electron chi connectivity index (χ2n) is 9.17. The molecule has 1 aromatic rings. The van der Waals surface area contributed by atoms with Crippen LogP contribution in [0.25, 0.3) is 0 Å². The van der Waals surface area contributed by atoms with E-state index in [4.69, 9.17) is 15.2 Å². The number of allylic oxidation sites excluding steroid dienone is 2. The fraction of sp³-hybridized carbons (Fsp3) is 0.400. The highest BCUT2D eigenvalue weighted by molar-refractivity contribution is 5.89. The molecular formula is C25H25N5O4. The third-order valence-electron chi connectivity index (χ3n) is 6.01. The number of hydrogen-bond acceptors (Lipinski definition) is 8. The Morgan fingerprint density at radius 2 is 1.76 bits per heavy atom. The fourth-order valence-corrected chi connectivity index (χ4v) is 4.48. The van der Waals surface area contributed by atoms with E-state index in [-0.39, 0.29) is 24.4 Å². The zero-order chi connectivity index (χ0) is 25.3. The molecular weight excluding hydrogens is 434 g/mol. The predicted molar refractivity (Wildman–Crippen MR) is 120 cm³/mol. The molecule has 2 atom stereocenters. The molecule has 3 rings (SSSR count). The second kappa shape index (κ2) is 8.92. The third-order valence-corrected chi connectivity index (χ3v) is 6.01. The lowest BCUT2D eigenvalue weighted by atomic mass is 9.58. The predicted octanol–water partition coefficient (Wildman–Crippen LogP) is 3.13. The first-order valence-corrected chi connectivity index (χ1v) is 10.6. The van der Waals surface area contributed by atoms with Crippen molar-refractivity contribution in [3.63, 3.8) is 0 Å². The van der Waals surface area contributed by atoms with Crippen molar-refractivity contribution in [2.75, 3.05) is 20.2 Å². The number of rotatable bonds is 2. The van der Waals surface area contributed by atoms with Gasteiger partial charge in [0.1, 0.15) is 11.7 Å². The quantitative estimate of drug-likeness (QED) is 0.662. The highest BCUT2D eigenvalue weighted by Gasteiger charge is 2.54. The molecule has 0 bridgehead atoms. The van der Waals surface area contributed by atoms with Gasteiger partial charge in [-0.25, -0.2) is 9.59 Å². The van der Waals surface area contributed by atoms with Gasteiger partial charge < -0.3 is 20.1 Å². The summed E-state index contributed by atoms with van der Waals surface area (Å²) in [5.74, 6) is -1.91. The molecule has 1 aromatic carbocycles. The van der Waals surface area contributed by atoms with Crippen LogP contribution in [0.4, 0.5) is 4.79 Å². The van der Waals surface area contributed by atoms with Gasteiger partial charge in [-0.05, 0) is 44.0 Å². The Balaban J connectivity index is 2.17. The van der Waals surface area contributed by atoms with Crippen LogP contribution < -0.4 is 5.73 Å². The highest BCUT2D eigenvalue weighted by Crippen LogP contribution is 2.54. The zero-order valence-electron chi connectivity index (χ0n) is 19.5. The van der Waals surface area contributed by atoms with E-state index in [0.717, 1.165) is 0 Å². The van der Waals surface area contributed by atoms with Crippen molar-refractivity contribution in [1.82, 2.24) is 4.90 Å². The number of carbonyl (C=O) groups excluding carboxylic acids is 2. The average molecular weight is 460 g/mol. The first kappa shape index (κ1) is 24.4. The van der Waals surface area contributed by atoms with E-state index in [9.17, 15) is 25.4 Å². The topological polar surface area (TPSA) is 153 Å². The summed E-state index contributed by atoms with van der Waals surface area (Å²) >= 11 is 0. The highest BCUT2D eigenvalue weighted by atomic mass is 16.6. The van der Waals surface area contributed by atoms with E-state index in [1.807, 2.05) is 12.1 Å². The number of benzene rings is 1. The number of methoxy groups -OCH3 is 1. The maximum Gasteiger partial charge on any atom is 0.410 e. The minimum atomic E-state index is -1.85. The average Bonchev–Trinajstić information content (AvgIpc) is 2.81. The van der Waals surface area contributed by atoms with Crippen molar-refractivity contribution < 1.29 is 19.1 Å². The van der Waals surface area contributed by atoms with Crippen LogP contribution in [0.5, 0.6) is 0 Å². The van der Waals surface area contributed by atoms with Crippen LogP contribution in [0.3, 0.4) is 0 Å². The molecule has 2 aliphatic rings. The van der Waals surface area contributed by atoms with Gasteiger partial charge in [-0.1, -0.05) is 18.2 Å². The number of amides is 1. The van der Waals surface area contributed by atoms with Gasteiger partial charge in [0.15, 0.2) is 5.41 Å². The van der Waals surface area contributed by atoms with E-state index in [0.29, 0.717) is 16.7 Å². The monoisotopic (exact) mass is 459 g/mol. The Morgan fingerprint density at radius 1 is 1.15 bits per heavy atom. The molecule has 9 nitrogen and oxygen atoms in total. The number of nitriles is 3. The van der Waals surface area contributed by atoms with Crippen molar-refractivity contribution in [2.45, 2.75) is 32.3 Å². The number of ether oxygens (including phenoxy) is 2. The molecule has 1 aliphatic heterocycles. The Labute approximate surface area is 198 Å². The molecule has 0 saturated heterocycles. The van der Waals surface area contributed by atoms with Gasteiger partial charge in [0.25, 0.3) is 0 Å². The SMILES string of the molecule is COC(=O)c1ccc([C@@H]2[C@H]3CN(C(=O)OC(C)(C)C)CC=C3C(C#N)=C(N)C2(C#N)C#N)cc1. The number of nitrogens with two attached hydrogens (primary N) is 1. The van der Waals surface area contributed by atoms with Gasteiger partial charge in [-0.15, -0.1) is 0 Å². The van der Waals surface area contributed by atoms with Gasteiger partial charge in [-0.3, -0.25) is 0 Å². The Kier molecular flexibility index (Phi) is 6.39. The number of nitrogens with zero attached hydrogens (tertiary/aromatic N) is 4. The minimum absolute atomic E-state index is 0.0827. The first-order chi connectivity index (χ1) is 16.0. The van der Waals surface area contributed by atoms with E-state index in [1.165, 1.54) is 24.1 Å². The molecule has 1 aliphatic carbocycles. The standard InChI is InChI=1S/C25H25N5O4/c1-24(2,3)34-23(32)30-10-9-17-18(11-26)21(29)25(13-27,14-28)20(19(17)12-30)15-5-7-16(8-6-15)22(31)33-4/h5-9,19-20H,10,12,29H2,1-4H3/t19-,20+/m0/s1. The van der Waals surface area contributed by atoms with Gasteiger partial charge in [0.05, 0.1) is 36.1 Å². The molecule has 2 N–H and O–H groups in total. The van der Waals surface area contributed by atoms with Crippen LogP contribution in [0.15, 0.2) is 47.2 Å². The summed E-state index contributed by atoms with van der Waals surface area (Å²) < 4.78 is 10.2. The Hall–Kier alpha value is -4.29. The summed E-state index contributed by atoms with van der Waals surface area (Å²) in [7, 11) is 1.27. The van der Waals surface area contributed by atoms with Crippen LogP contribution in [-0.4, -0.2) is 42.8 Å². The summed E-state index contributed by atoms with van der Waals surface area (Å²) in [5.41, 5.74) is 5.16. The zero-order valence-corrected chi connectivity index (χ0v) is 19.5. The molecule has 1 amide bonds. The van der Waals surface area contributed by atoms with Crippen LogP contribution in [-0.2, 0) is 9.47 Å². The number of hydrogen-bond donors (Lipinski definition) is 1. The second-order valence-corrected chi connectivity index (χ2v) is 9.17. The summed E-state index contributed by atoms with van der Waals surface area (Å²) in [6, 6.07) is 12.5. The third kappa shape index (κ3) is 4.07. The maximum atomic E-state index is 12.8. The van der Waals surface area contributed by atoms with Crippen LogP contribution >= 0.6 is 0 Å². The maximum absolute atomic E-state index is 12.8. The smallest absolute Gasteiger partial charge is 0.410 e. The molecule has 34 heavy (non-hydrogen) atoms. The van der Waals surface area contributed by atoms with Crippen molar-refractivity contribution in [3.8, 4) is 18.2 Å². The van der Waals surface area contributed by atoms with E-state index in [2.05, 4.69) is 6.07 Å². The van der Waals surface area contributed by atoms with E-state index < -0.39 is 34.9 Å². The van der Waals surface area contributed by atoms with Gasteiger partial charge >= 0.3 is 12.1 Å². The molecule has 9 heteroatoms. The largest absolute Gasteiger partial charge is 0.465 e. The van der Waals surface area contributed by atoms with Gasteiger partial charge in [-0.2, -0.15) is 15.8 Å². The molecule has 0 spiro atoms. The van der Waals surface area contributed by atoms with E-state index >= 15 is 0 Å². The minimum Gasteiger partial charge on any atom is -0.465 e. The molecule has 0 saturated carbocycles. The first-order valence-electron chi connectivity index (χ1n) is 10.6. The fourth-order valence-electron chi connectivity index (χ4n) is 4.48. The molecule has 174 valence electrons. The Morgan fingerprint density at radius 3 is 2.26 bits per heavy atom. The number of carbonyl (C=O) groups is 2. The van der Waals surface area contributed by atoms with Crippen molar-refractivity contribution in [2.24, 2.45) is 17.1 Å². The molecule has 1 heterocycles. The Bertz CT molecular complexity index is 1190. The van der Waals surface area contributed by atoms with E-state index in [1.54, 1.807) is 39.0 Å². The van der Waals surface area contributed by atoms with Crippen LogP contribution in [0.1, 0.15) is 42.6 Å². The summed E-state index contributed by atoms with van der Waals surface area (Å²) in [5, 5.41) is 30.2. The van der Waals surface area contributed by atoms with Crippen LogP contribution in [0, 0.1) is 45.3 Å². The molecule has 0 aromatic heterocycles. The summed E-state index contributed by atoms with van der Waals surface area (Å²) in [4.78, 5) is 26.1. The van der Waals surface area contributed by atoms with Gasteiger partial charge in [0, 0.05) is 24.9 Å². The van der Waals surface area contributed by atoms with Crippen molar-refractivity contribution in [1.29, 1.82) is 15.8 Å². The summed E-state index contributed by atoms with van der Waals surface area (Å²) in [6.07, 6.45) is 1.18. The van der Waals surface area contributed by atoms with Crippen molar-refractivity contribution >= 4 is 12.1 Å². The van der Waals surface area contributed by atoms with Gasteiger partial charge in [0.2, 0.25) is 0 Å². The normalized spacial score (nSPS) is 21.2. The number of fused-ring (bicyclic) bond motifs is 1. The van der Waals surface area contributed by atoms with Crippen LogP contribution in [0.2, 0.25) is 0 Å². The lowest BCUT2D eigenvalue weighted by Gasteiger charge is -2.45. The summed E-state index contributed by atoms with van der Waals surface area (Å²) in [6.45, 7) is 5.59. The molecule has 0 unspecified atom stereocenters. The number of esters is 1.